The van der Waals surface area contributed by atoms with E-state index in [2.05, 4.69) is 17.2 Å². The molecule has 1 rings (SSSR count). The van der Waals surface area contributed by atoms with E-state index in [1.54, 1.807) is 20.8 Å². The molecule has 0 aromatic heterocycles. The number of hydrogen-bond donors (Lipinski definition) is 1. The standard InChI is InChI=1S/C9H13NO3S/c1-4-5-8(11)10-7-6-14(12,13)9(7,2)3/h7H,6H2,1-3H3,(H,10,11)/t7-/m0/s1. The Kier molecular flexibility index (Phi) is 2.59. The number of rotatable bonds is 1. The molecule has 1 amide bonds. The predicted molar refractivity (Wildman–Crippen MR) is 53.2 cm³/mol. The van der Waals surface area contributed by atoms with Crippen LogP contribution in [0.4, 0.5) is 0 Å². The van der Waals surface area contributed by atoms with Crippen LogP contribution in [0.2, 0.25) is 0 Å². The average Bonchev–Trinajstić information content (AvgIpc) is 2.03. The Balaban J connectivity index is 2.68. The fourth-order valence-corrected chi connectivity index (χ4v) is 2.92. The van der Waals surface area contributed by atoms with Crippen LogP contribution in [-0.4, -0.2) is 30.9 Å². The lowest BCUT2D eigenvalue weighted by Crippen LogP contribution is -2.66. The highest BCUT2D eigenvalue weighted by Gasteiger charge is 2.53. The molecule has 1 fully saturated rings. The van der Waals surface area contributed by atoms with E-state index in [0.29, 0.717) is 0 Å². The Hall–Kier alpha value is -1.02. The van der Waals surface area contributed by atoms with E-state index in [1.807, 2.05) is 0 Å². The lowest BCUT2D eigenvalue weighted by Gasteiger charge is -2.43. The van der Waals surface area contributed by atoms with E-state index in [-0.39, 0.29) is 11.8 Å². The smallest absolute Gasteiger partial charge is 0.296 e. The van der Waals surface area contributed by atoms with Crippen LogP contribution in [-0.2, 0) is 14.6 Å². The van der Waals surface area contributed by atoms with E-state index in [1.165, 1.54) is 0 Å². The van der Waals surface area contributed by atoms with Gasteiger partial charge in [0.25, 0.3) is 5.91 Å². The van der Waals surface area contributed by atoms with Crippen LogP contribution in [0.25, 0.3) is 0 Å². The highest BCUT2D eigenvalue weighted by Crippen LogP contribution is 2.33. The fourth-order valence-electron chi connectivity index (χ4n) is 1.28. The Morgan fingerprint density at radius 1 is 1.50 bits per heavy atom. The molecule has 1 N–H and O–H groups in total. The first-order valence-corrected chi connectivity index (χ1v) is 5.92. The van der Waals surface area contributed by atoms with Gasteiger partial charge in [-0.1, -0.05) is 5.92 Å². The van der Waals surface area contributed by atoms with Gasteiger partial charge >= 0.3 is 0 Å². The number of carbonyl (C=O) groups is 1. The number of hydrogen-bond acceptors (Lipinski definition) is 3. The lowest BCUT2D eigenvalue weighted by molar-refractivity contribution is -0.116. The second-order valence-electron chi connectivity index (χ2n) is 3.79. The minimum atomic E-state index is -3.03. The Morgan fingerprint density at radius 3 is 2.43 bits per heavy atom. The van der Waals surface area contributed by atoms with E-state index >= 15 is 0 Å². The first-order valence-electron chi connectivity index (χ1n) is 4.27. The summed E-state index contributed by atoms with van der Waals surface area (Å²) < 4.78 is 21.7. The van der Waals surface area contributed by atoms with Crippen molar-refractivity contribution in [3.8, 4) is 11.8 Å². The summed E-state index contributed by atoms with van der Waals surface area (Å²) in [5.41, 5.74) is 0. The van der Waals surface area contributed by atoms with Crippen LogP contribution >= 0.6 is 0 Å². The van der Waals surface area contributed by atoms with Crippen molar-refractivity contribution in [1.29, 1.82) is 0 Å². The SMILES string of the molecule is CC#CC(=O)N[C@H]1CS(=O)(=O)C1(C)C. The van der Waals surface area contributed by atoms with Gasteiger partial charge < -0.3 is 5.32 Å². The summed E-state index contributed by atoms with van der Waals surface area (Å²) in [6, 6.07) is -0.319. The summed E-state index contributed by atoms with van der Waals surface area (Å²) in [6.07, 6.45) is 0. The molecule has 4 nitrogen and oxygen atoms in total. The zero-order chi connectivity index (χ0) is 11.0. The molecule has 1 aliphatic heterocycles. The molecule has 1 saturated heterocycles. The minimum Gasteiger partial charge on any atom is -0.340 e. The first kappa shape index (κ1) is 11.1. The summed E-state index contributed by atoms with van der Waals surface area (Å²) >= 11 is 0. The average molecular weight is 215 g/mol. The molecule has 1 atom stereocenters. The largest absolute Gasteiger partial charge is 0.340 e. The van der Waals surface area contributed by atoms with E-state index in [9.17, 15) is 13.2 Å². The maximum absolute atomic E-state index is 11.3. The number of carbonyl (C=O) groups excluding carboxylic acids is 1. The summed E-state index contributed by atoms with van der Waals surface area (Å²) in [7, 11) is -3.03. The monoisotopic (exact) mass is 215 g/mol. The third-order valence-corrected chi connectivity index (χ3v) is 5.23. The Bertz CT molecular complexity index is 411. The molecule has 14 heavy (non-hydrogen) atoms. The van der Waals surface area contributed by atoms with Gasteiger partial charge in [-0.3, -0.25) is 4.79 Å². The number of nitrogens with one attached hydrogen (secondary N) is 1. The molecule has 1 heterocycles. The summed E-state index contributed by atoms with van der Waals surface area (Å²) in [6.45, 7) is 4.77. The third-order valence-electron chi connectivity index (χ3n) is 2.57. The van der Waals surface area contributed by atoms with Gasteiger partial charge in [-0.25, -0.2) is 8.42 Å². The molecule has 0 radical (unpaired) electrons. The van der Waals surface area contributed by atoms with Gasteiger partial charge in [0.15, 0.2) is 9.84 Å². The zero-order valence-electron chi connectivity index (χ0n) is 8.42. The fraction of sp³-hybridized carbons (Fsp3) is 0.667. The van der Waals surface area contributed by atoms with Crippen molar-refractivity contribution < 1.29 is 13.2 Å². The van der Waals surface area contributed by atoms with Crippen LogP contribution in [0, 0.1) is 11.8 Å². The van der Waals surface area contributed by atoms with E-state index in [0.717, 1.165) is 0 Å². The quantitative estimate of drug-likeness (QED) is 0.611. The maximum Gasteiger partial charge on any atom is 0.296 e. The van der Waals surface area contributed by atoms with Crippen molar-refractivity contribution in [3.63, 3.8) is 0 Å². The molecule has 0 unspecified atom stereocenters. The molecule has 0 bridgehead atoms. The molecule has 0 aromatic carbocycles. The van der Waals surface area contributed by atoms with Crippen LogP contribution < -0.4 is 5.32 Å². The lowest BCUT2D eigenvalue weighted by atomic mass is 10.0. The maximum atomic E-state index is 11.3. The molecule has 5 heteroatoms. The summed E-state index contributed by atoms with van der Waals surface area (Å²) in [5, 5.41) is 2.57. The van der Waals surface area contributed by atoms with Crippen LogP contribution in [0.1, 0.15) is 20.8 Å². The van der Waals surface area contributed by atoms with Crippen molar-refractivity contribution >= 4 is 15.7 Å². The third kappa shape index (κ3) is 1.62. The second-order valence-corrected chi connectivity index (χ2v) is 6.40. The van der Waals surface area contributed by atoms with Gasteiger partial charge in [0.2, 0.25) is 0 Å². The predicted octanol–water partition coefficient (Wildman–Crippen LogP) is -0.298. The van der Waals surface area contributed by atoms with E-state index < -0.39 is 20.5 Å². The molecule has 0 saturated carbocycles. The topological polar surface area (TPSA) is 63.2 Å². The van der Waals surface area contributed by atoms with Gasteiger partial charge in [-0.2, -0.15) is 0 Å². The molecule has 0 aliphatic carbocycles. The van der Waals surface area contributed by atoms with Crippen LogP contribution in [0.5, 0.6) is 0 Å². The normalized spacial score (nSPS) is 26.6. The van der Waals surface area contributed by atoms with Gasteiger partial charge in [0, 0.05) is 0 Å². The molecular formula is C9H13NO3S. The first-order chi connectivity index (χ1) is 6.31. The molecule has 1 aliphatic rings. The van der Waals surface area contributed by atoms with Gasteiger partial charge in [-0.15, -0.1) is 0 Å². The summed E-state index contributed by atoms with van der Waals surface area (Å²) in [4.78, 5) is 11.1. The van der Waals surface area contributed by atoms with Crippen molar-refractivity contribution in [2.45, 2.75) is 31.6 Å². The summed E-state index contributed by atoms with van der Waals surface area (Å²) in [5.74, 6) is 4.37. The Morgan fingerprint density at radius 2 is 2.07 bits per heavy atom. The van der Waals surface area contributed by atoms with Gasteiger partial charge in [-0.05, 0) is 26.7 Å². The number of sulfone groups is 1. The number of amides is 1. The van der Waals surface area contributed by atoms with Crippen LogP contribution in [0.15, 0.2) is 0 Å². The second kappa shape index (κ2) is 3.28. The minimum absolute atomic E-state index is 0.0110. The molecule has 0 aromatic rings. The van der Waals surface area contributed by atoms with Crippen molar-refractivity contribution in [1.82, 2.24) is 5.32 Å². The Labute approximate surface area is 84.0 Å². The molecule has 0 spiro atoms. The molecule has 78 valence electrons. The highest BCUT2D eigenvalue weighted by atomic mass is 32.2. The van der Waals surface area contributed by atoms with Gasteiger partial charge in [0.05, 0.1) is 16.5 Å². The molecular weight excluding hydrogens is 202 g/mol. The van der Waals surface area contributed by atoms with E-state index in [4.69, 9.17) is 0 Å². The highest BCUT2D eigenvalue weighted by molar-refractivity contribution is 7.94. The van der Waals surface area contributed by atoms with Crippen LogP contribution in [0.3, 0.4) is 0 Å². The van der Waals surface area contributed by atoms with Gasteiger partial charge in [0.1, 0.15) is 0 Å². The zero-order valence-corrected chi connectivity index (χ0v) is 9.23. The van der Waals surface area contributed by atoms with Crippen molar-refractivity contribution in [2.75, 3.05) is 5.75 Å². The van der Waals surface area contributed by atoms with Crippen molar-refractivity contribution in [2.24, 2.45) is 0 Å². The van der Waals surface area contributed by atoms with Crippen molar-refractivity contribution in [3.05, 3.63) is 0 Å².